The highest BCUT2D eigenvalue weighted by Gasteiger charge is 2.07. The average Bonchev–Trinajstić information content (AvgIpc) is 3.06. The molecule has 1 aromatic heterocycles. The van der Waals surface area contributed by atoms with Crippen molar-refractivity contribution in [1.82, 2.24) is 15.0 Å². The summed E-state index contributed by atoms with van der Waals surface area (Å²) in [6.45, 7) is 4.42. The lowest BCUT2D eigenvalue weighted by atomic mass is 9.96. The Morgan fingerprint density at radius 1 is 1.15 bits per heavy atom. The minimum atomic E-state index is -0.848. The molecule has 134 valence electrons. The Balaban J connectivity index is 1.69. The third-order valence-electron chi connectivity index (χ3n) is 4.15. The predicted molar refractivity (Wildman–Crippen MR) is 98.0 cm³/mol. The first kappa shape index (κ1) is 17.7. The van der Waals surface area contributed by atoms with Crippen LogP contribution < -0.4 is 4.74 Å². The van der Waals surface area contributed by atoms with Crippen molar-refractivity contribution in [2.45, 2.75) is 33.4 Å². The Labute approximate surface area is 152 Å². The number of aliphatic carboxylic acids is 1. The molecule has 0 amide bonds. The van der Waals surface area contributed by atoms with Gasteiger partial charge in [0, 0.05) is 6.42 Å². The second-order valence-electron chi connectivity index (χ2n) is 6.21. The Morgan fingerprint density at radius 3 is 2.62 bits per heavy atom. The summed E-state index contributed by atoms with van der Waals surface area (Å²) in [4.78, 5) is 10.6. The van der Waals surface area contributed by atoms with Gasteiger partial charge in [-0.2, -0.15) is 0 Å². The smallest absolute Gasteiger partial charge is 0.303 e. The number of carbonyl (C=O) groups is 1. The fraction of sp³-hybridized carbons (Fsp3) is 0.250. The number of hydrogen-bond donors (Lipinski definition) is 1. The van der Waals surface area contributed by atoms with E-state index in [0.717, 1.165) is 11.3 Å². The lowest BCUT2D eigenvalue weighted by Crippen LogP contribution is -2.05. The van der Waals surface area contributed by atoms with Crippen LogP contribution in [0.2, 0.25) is 0 Å². The van der Waals surface area contributed by atoms with Gasteiger partial charge in [0.25, 0.3) is 0 Å². The second-order valence-corrected chi connectivity index (χ2v) is 6.21. The molecule has 6 heteroatoms. The highest BCUT2D eigenvalue weighted by molar-refractivity contribution is 5.71. The molecule has 26 heavy (non-hydrogen) atoms. The van der Waals surface area contributed by atoms with Crippen molar-refractivity contribution in [1.29, 1.82) is 0 Å². The van der Waals surface area contributed by atoms with E-state index in [9.17, 15) is 4.79 Å². The summed E-state index contributed by atoms with van der Waals surface area (Å²) in [7, 11) is 0. The number of benzene rings is 2. The van der Waals surface area contributed by atoms with E-state index in [-0.39, 0.29) is 13.2 Å². The van der Waals surface area contributed by atoms with Crippen molar-refractivity contribution < 1.29 is 14.6 Å². The molecule has 2 aromatic carbocycles. The van der Waals surface area contributed by atoms with E-state index >= 15 is 0 Å². The molecule has 1 N–H and O–H groups in total. The van der Waals surface area contributed by atoms with Crippen LogP contribution in [-0.2, 0) is 17.9 Å². The molecule has 0 spiro atoms. The molecule has 1 heterocycles. The van der Waals surface area contributed by atoms with E-state index < -0.39 is 5.97 Å². The third kappa shape index (κ3) is 4.27. The summed E-state index contributed by atoms with van der Waals surface area (Å²) in [6, 6.07) is 14.2. The minimum Gasteiger partial charge on any atom is -0.481 e. The lowest BCUT2D eigenvalue weighted by Gasteiger charge is -2.12. The lowest BCUT2D eigenvalue weighted by molar-refractivity contribution is -0.136. The maximum absolute atomic E-state index is 10.6. The molecular weight excluding hydrogens is 330 g/mol. The van der Waals surface area contributed by atoms with E-state index in [1.54, 1.807) is 10.9 Å². The average molecular weight is 351 g/mol. The van der Waals surface area contributed by atoms with Crippen LogP contribution in [0.1, 0.15) is 23.2 Å². The first-order chi connectivity index (χ1) is 12.5. The zero-order valence-electron chi connectivity index (χ0n) is 14.8. The predicted octanol–water partition coefficient (Wildman–Crippen LogP) is 3.62. The molecule has 3 aromatic rings. The molecule has 0 aliphatic heterocycles. The fourth-order valence-electron chi connectivity index (χ4n) is 2.90. The van der Waals surface area contributed by atoms with E-state index in [0.29, 0.717) is 12.1 Å². The number of nitrogens with zero attached hydrogens (tertiary/aromatic N) is 3. The van der Waals surface area contributed by atoms with Gasteiger partial charge in [-0.3, -0.25) is 4.79 Å². The van der Waals surface area contributed by atoms with Crippen LogP contribution in [0.15, 0.2) is 48.7 Å². The van der Waals surface area contributed by atoms with E-state index in [4.69, 9.17) is 9.84 Å². The largest absolute Gasteiger partial charge is 0.481 e. The maximum atomic E-state index is 10.6. The molecule has 0 aliphatic carbocycles. The topological polar surface area (TPSA) is 77.2 Å². The third-order valence-corrected chi connectivity index (χ3v) is 4.15. The number of carboxylic acids is 1. The van der Waals surface area contributed by atoms with Gasteiger partial charge in [0.1, 0.15) is 5.75 Å². The maximum Gasteiger partial charge on any atom is 0.303 e. The number of hydrogen-bond acceptors (Lipinski definition) is 4. The van der Waals surface area contributed by atoms with Crippen LogP contribution in [0.25, 0.3) is 11.1 Å². The van der Waals surface area contributed by atoms with Gasteiger partial charge in [-0.25, -0.2) is 4.68 Å². The molecule has 0 fully saturated rings. The van der Waals surface area contributed by atoms with Crippen molar-refractivity contribution in [3.05, 3.63) is 65.5 Å². The Bertz CT molecular complexity index is 898. The number of aromatic nitrogens is 3. The quantitative estimate of drug-likeness (QED) is 0.703. The van der Waals surface area contributed by atoms with Gasteiger partial charge in [0.2, 0.25) is 0 Å². The van der Waals surface area contributed by atoms with Crippen LogP contribution in [-0.4, -0.2) is 26.1 Å². The fourth-order valence-corrected chi connectivity index (χ4v) is 2.90. The molecule has 0 unspecified atom stereocenters. The number of aryl methyl sites for hydroxylation is 3. The van der Waals surface area contributed by atoms with Gasteiger partial charge in [-0.15, -0.1) is 5.10 Å². The van der Waals surface area contributed by atoms with Gasteiger partial charge < -0.3 is 9.84 Å². The Kier molecular flexibility index (Phi) is 5.31. The van der Waals surface area contributed by atoms with Crippen molar-refractivity contribution in [3.63, 3.8) is 0 Å². The first-order valence-corrected chi connectivity index (χ1v) is 8.43. The summed E-state index contributed by atoms with van der Waals surface area (Å²) >= 11 is 0. The zero-order chi connectivity index (χ0) is 18.5. The van der Waals surface area contributed by atoms with Crippen LogP contribution in [0.5, 0.6) is 5.75 Å². The van der Waals surface area contributed by atoms with Crippen molar-refractivity contribution in [2.24, 2.45) is 0 Å². The van der Waals surface area contributed by atoms with Crippen LogP contribution >= 0.6 is 0 Å². The molecular formula is C20H21N3O3. The first-order valence-electron chi connectivity index (χ1n) is 8.43. The molecule has 0 radical (unpaired) electrons. The summed E-state index contributed by atoms with van der Waals surface area (Å²) in [6.07, 6.45) is 2.10. The molecule has 6 nitrogen and oxygen atoms in total. The second kappa shape index (κ2) is 7.82. The van der Waals surface area contributed by atoms with Gasteiger partial charge >= 0.3 is 5.97 Å². The summed E-state index contributed by atoms with van der Waals surface area (Å²) < 4.78 is 7.38. The van der Waals surface area contributed by atoms with Crippen LogP contribution in [0.4, 0.5) is 0 Å². The monoisotopic (exact) mass is 351 g/mol. The van der Waals surface area contributed by atoms with Crippen LogP contribution in [0.3, 0.4) is 0 Å². The number of ether oxygens (including phenoxy) is 1. The van der Waals surface area contributed by atoms with Gasteiger partial charge in [0.05, 0.1) is 18.3 Å². The van der Waals surface area contributed by atoms with E-state index in [1.807, 2.05) is 18.2 Å². The highest BCUT2D eigenvalue weighted by Crippen LogP contribution is 2.29. The Hall–Kier alpha value is -3.15. The van der Waals surface area contributed by atoms with E-state index in [1.165, 1.54) is 16.7 Å². The molecule has 0 saturated heterocycles. The highest BCUT2D eigenvalue weighted by atomic mass is 16.5. The Morgan fingerprint density at radius 2 is 1.88 bits per heavy atom. The van der Waals surface area contributed by atoms with E-state index in [2.05, 4.69) is 48.4 Å². The van der Waals surface area contributed by atoms with Crippen molar-refractivity contribution in [2.75, 3.05) is 0 Å². The molecule has 0 bridgehead atoms. The molecule has 0 saturated carbocycles. The summed E-state index contributed by atoms with van der Waals surface area (Å²) in [5, 5.41) is 16.6. The standard InChI is InChI=1S/C20H21N3O3/c1-14-5-3-6-15(2)20(14)16-7-4-8-18(11-16)26-13-23-12-17(21-22-23)9-10-19(24)25/h3-8,11-12H,9-10,13H2,1-2H3,(H,24,25). The van der Waals surface area contributed by atoms with Crippen molar-refractivity contribution in [3.8, 4) is 16.9 Å². The number of carboxylic acid groups (broad SMARTS) is 1. The molecule has 3 rings (SSSR count). The SMILES string of the molecule is Cc1cccc(C)c1-c1cccc(OCn2cc(CCC(=O)O)nn2)c1. The van der Waals surface area contributed by atoms with Gasteiger partial charge in [-0.1, -0.05) is 35.5 Å². The normalized spacial score (nSPS) is 10.7. The van der Waals surface area contributed by atoms with Crippen molar-refractivity contribution >= 4 is 5.97 Å². The summed E-state index contributed by atoms with van der Waals surface area (Å²) in [5.74, 6) is -0.105. The minimum absolute atomic E-state index is 0.0391. The molecule has 0 aliphatic rings. The van der Waals surface area contributed by atoms with Crippen LogP contribution in [0, 0.1) is 13.8 Å². The van der Waals surface area contributed by atoms with Gasteiger partial charge in [-0.05, 0) is 48.2 Å². The summed E-state index contributed by atoms with van der Waals surface area (Å²) in [5.41, 5.74) is 5.41. The number of rotatable bonds is 7. The van der Waals surface area contributed by atoms with Gasteiger partial charge in [0.15, 0.2) is 6.73 Å². The zero-order valence-corrected chi connectivity index (χ0v) is 14.8. The molecule has 0 atom stereocenters.